The SMILES string of the molecule is CCC(=O)Oc1ccc(C(=O)Nc2ccc(C)c(C)c2)cc1OC. The molecule has 0 bridgehead atoms. The molecule has 2 rings (SSSR count). The third kappa shape index (κ3) is 4.13. The third-order valence-electron chi connectivity index (χ3n) is 3.70. The summed E-state index contributed by atoms with van der Waals surface area (Å²) in [4.78, 5) is 23.8. The molecule has 0 saturated carbocycles. The Hall–Kier alpha value is -2.82. The Balaban J connectivity index is 2.20. The number of anilines is 1. The van der Waals surface area contributed by atoms with Gasteiger partial charge in [0.15, 0.2) is 11.5 Å². The van der Waals surface area contributed by atoms with E-state index in [1.165, 1.54) is 7.11 Å². The molecule has 0 aliphatic carbocycles. The van der Waals surface area contributed by atoms with Gasteiger partial charge >= 0.3 is 5.97 Å². The summed E-state index contributed by atoms with van der Waals surface area (Å²) in [5.74, 6) is 0.0159. The van der Waals surface area contributed by atoms with Crippen molar-refractivity contribution in [2.75, 3.05) is 12.4 Å². The third-order valence-corrected chi connectivity index (χ3v) is 3.70. The van der Waals surface area contributed by atoms with Gasteiger partial charge in [-0.25, -0.2) is 0 Å². The van der Waals surface area contributed by atoms with Crippen molar-refractivity contribution in [3.63, 3.8) is 0 Å². The number of aryl methyl sites for hydroxylation is 2. The average Bonchev–Trinajstić information content (AvgIpc) is 2.58. The Labute approximate surface area is 141 Å². The van der Waals surface area contributed by atoms with Crippen LogP contribution in [0.1, 0.15) is 34.8 Å². The lowest BCUT2D eigenvalue weighted by Crippen LogP contribution is -2.13. The average molecular weight is 327 g/mol. The van der Waals surface area contributed by atoms with E-state index >= 15 is 0 Å². The van der Waals surface area contributed by atoms with Crippen LogP contribution < -0.4 is 14.8 Å². The number of carbonyl (C=O) groups is 2. The van der Waals surface area contributed by atoms with Crippen LogP contribution in [0.4, 0.5) is 5.69 Å². The van der Waals surface area contributed by atoms with Crippen LogP contribution >= 0.6 is 0 Å². The first kappa shape index (κ1) is 17.5. The van der Waals surface area contributed by atoms with Crippen LogP contribution in [0.2, 0.25) is 0 Å². The van der Waals surface area contributed by atoms with Crippen LogP contribution in [0.15, 0.2) is 36.4 Å². The molecule has 126 valence electrons. The lowest BCUT2D eigenvalue weighted by Gasteiger charge is -2.11. The minimum absolute atomic E-state index is 0.259. The second-order valence-corrected chi connectivity index (χ2v) is 5.45. The van der Waals surface area contributed by atoms with Gasteiger partial charge in [0.1, 0.15) is 0 Å². The summed E-state index contributed by atoms with van der Waals surface area (Å²) in [5.41, 5.74) is 3.41. The second kappa shape index (κ2) is 7.64. The van der Waals surface area contributed by atoms with Gasteiger partial charge in [-0.2, -0.15) is 0 Å². The Bertz CT molecular complexity index is 768. The van der Waals surface area contributed by atoms with Gasteiger partial charge in [0.05, 0.1) is 7.11 Å². The van der Waals surface area contributed by atoms with Gasteiger partial charge < -0.3 is 14.8 Å². The molecule has 0 saturated heterocycles. The maximum absolute atomic E-state index is 12.4. The van der Waals surface area contributed by atoms with Crippen molar-refractivity contribution in [1.82, 2.24) is 0 Å². The van der Waals surface area contributed by atoms with Gasteiger partial charge in [0, 0.05) is 17.7 Å². The quantitative estimate of drug-likeness (QED) is 0.668. The van der Waals surface area contributed by atoms with E-state index in [0.717, 1.165) is 16.8 Å². The molecule has 1 amide bonds. The number of hydrogen-bond acceptors (Lipinski definition) is 4. The highest BCUT2D eigenvalue weighted by Gasteiger charge is 2.13. The predicted molar refractivity (Wildman–Crippen MR) is 92.8 cm³/mol. The number of ether oxygens (including phenoxy) is 2. The molecule has 5 heteroatoms. The molecular formula is C19H21NO4. The van der Waals surface area contributed by atoms with Gasteiger partial charge in [-0.1, -0.05) is 13.0 Å². The maximum Gasteiger partial charge on any atom is 0.311 e. The number of hydrogen-bond donors (Lipinski definition) is 1. The van der Waals surface area contributed by atoms with E-state index in [1.54, 1.807) is 25.1 Å². The zero-order valence-electron chi connectivity index (χ0n) is 14.3. The number of esters is 1. The minimum Gasteiger partial charge on any atom is -0.493 e. The highest BCUT2D eigenvalue weighted by atomic mass is 16.6. The molecular weight excluding hydrogens is 306 g/mol. The highest BCUT2D eigenvalue weighted by Crippen LogP contribution is 2.29. The van der Waals surface area contributed by atoms with Gasteiger partial charge in [-0.15, -0.1) is 0 Å². The Morgan fingerprint density at radius 3 is 2.38 bits per heavy atom. The van der Waals surface area contributed by atoms with Crippen LogP contribution in [-0.2, 0) is 4.79 Å². The smallest absolute Gasteiger partial charge is 0.311 e. The molecule has 0 radical (unpaired) electrons. The maximum atomic E-state index is 12.4. The van der Waals surface area contributed by atoms with E-state index in [9.17, 15) is 9.59 Å². The van der Waals surface area contributed by atoms with Gasteiger partial charge in [0.2, 0.25) is 0 Å². The number of amides is 1. The molecule has 2 aromatic rings. The lowest BCUT2D eigenvalue weighted by atomic mass is 10.1. The Morgan fingerprint density at radius 2 is 1.75 bits per heavy atom. The van der Waals surface area contributed by atoms with Crippen LogP contribution in [0, 0.1) is 13.8 Å². The summed E-state index contributed by atoms with van der Waals surface area (Å²) in [6.45, 7) is 5.72. The Kier molecular flexibility index (Phi) is 5.58. The summed E-state index contributed by atoms with van der Waals surface area (Å²) in [6, 6.07) is 10.4. The number of nitrogens with one attached hydrogen (secondary N) is 1. The summed E-state index contributed by atoms with van der Waals surface area (Å²) in [6.07, 6.45) is 0.262. The van der Waals surface area contributed by atoms with Crippen molar-refractivity contribution in [3.8, 4) is 11.5 Å². The van der Waals surface area contributed by atoms with Crippen LogP contribution in [0.3, 0.4) is 0 Å². The van der Waals surface area contributed by atoms with Crippen molar-refractivity contribution in [2.24, 2.45) is 0 Å². The van der Waals surface area contributed by atoms with Crippen molar-refractivity contribution in [2.45, 2.75) is 27.2 Å². The van der Waals surface area contributed by atoms with E-state index in [4.69, 9.17) is 9.47 Å². The van der Waals surface area contributed by atoms with Gasteiger partial charge in [-0.3, -0.25) is 9.59 Å². The number of rotatable bonds is 5. The summed E-state index contributed by atoms with van der Waals surface area (Å²) >= 11 is 0. The van der Waals surface area contributed by atoms with Crippen LogP contribution in [-0.4, -0.2) is 19.0 Å². The summed E-state index contributed by atoms with van der Waals surface area (Å²) < 4.78 is 10.4. The number of methoxy groups -OCH3 is 1. The highest BCUT2D eigenvalue weighted by molar-refractivity contribution is 6.04. The van der Waals surface area contributed by atoms with Crippen LogP contribution in [0.5, 0.6) is 11.5 Å². The fraction of sp³-hybridized carbons (Fsp3) is 0.263. The van der Waals surface area contributed by atoms with Gasteiger partial charge in [-0.05, 0) is 55.3 Å². The lowest BCUT2D eigenvalue weighted by molar-refractivity contribution is -0.134. The largest absolute Gasteiger partial charge is 0.493 e. The van der Waals surface area contributed by atoms with Crippen molar-refractivity contribution < 1.29 is 19.1 Å². The fourth-order valence-corrected chi connectivity index (χ4v) is 2.11. The molecule has 0 atom stereocenters. The number of benzene rings is 2. The predicted octanol–water partition coefficient (Wildman–Crippen LogP) is 3.88. The molecule has 5 nitrogen and oxygen atoms in total. The van der Waals surface area contributed by atoms with Gasteiger partial charge in [0.25, 0.3) is 5.91 Å². The molecule has 0 unspecified atom stereocenters. The molecule has 0 spiro atoms. The topological polar surface area (TPSA) is 64.6 Å². The zero-order chi connectivity index (χ0) is 17.7. The van der Waals surface area contributed by atoms with E-state index in [0.29, 0.717) is 17.1 Å². The fourth-order valence-electron chi connectivity index (χ4n) is 2.11. The minimum atomic E-state index is -0.361. The molecule has 2 aromatic carbocycles. The second-order valence-electron chi connectivity index (χ2n) is 5.45. The normalized spacial score (nSPS) is 10.2. The first-order valence-electron chi connectivity index (χ1n) is 7.72. The van der Waals surface area contributed by atoms with Crippen molar-refractivity contribution >= 4 is 17.6 Å². The molecule has 0 aliphatic rings. The molecule has 1 N–H and O–H groups in total. The summed E-state index contributed by atoms with van der Waals surface area (Å²) in [5, 5.41) is 2.85. The molecule has 0 aliphatic heterocycles. The van der Waals surface area contributed by atoms with E-state index < -0.39 is 0 Å². The van der Waals surface area contributed by atoms with E-state index in [2.05, 4.69) is 5.32 Å². The first-order chi connectivity index (χ1) is 11.4. The molecule has 0 heterocycles. The van der Waals surface area contributed by atoms with E-state index in [1.807, 2.05) is 32.0 Å². The summed E-state index contributed by atoms with van der Waals surface area (Å²) in [7, 11) is 1.46. The number of carbonyl (C=O) groups excluding carboxylic acids is 2. The standard InChI is InChI=1S/C19H21NO4/c1-5-18(21)24-16-9-7-14(11-17(16)23-4)19(22)20-15-8-6-12(2)13(3)10-15/h6-11H,5H2,1-4H3,(H,20,22). The van der Waals surface area contributed by atoms with Crippen molar-refractivity contribution in [1.29, 1.82) is 0 Å². The van der Waals surface area contributed by atoms with E-state index in [-0.39, 0.29) is 18.3 Å². The Morgan fingerprint density at radius 1 is 1.00 bits per heavy atom. The monoisotopic (exact) mass is 327 g/mol. The molecule has 0 fully saturated rings. The first-order valence-corrected chi connectivity index (χ1v) is 7.72. The van der Waals surface area contributed by atoms with Crippen LogP contribution in [0.25, 0.3) is 0 Å². The van der Waals surface area contributed by atoms with Crippen molar-refractivity contribution in [3.05, 3.63) is 53.1 Å². The molecule has 24 heavy (non-hydrogen) atoms. The molecule has 0 aromatic heterocycles. The zero-order valence-corrected chi connectivity index (χ0v) is 14.3.